The number of rotatable bonds is 5. The van der Waals surface area contributed by atoms with Gasteiger partial charge in [-0.2, -0.15) is 0 Å². The molecule has 3 saturated heterocycles. The molecule has 5 nitrogen and oxygen atoms in total. The number of thiazole rings is 1. The van der Waals surface area contributed by atoms with Crippen molar-refractivity contribution in [2.24, 2.45) is 5.41 Å². The Hall–Kier alpha value is -1.83. The molecule has 0 aliphatic carbocycles. The van der Waals surface area contributed by atoms with Gasteiger partial charge in [-0.1, -0.05) is 12.1 Å². The van der Waals surface area contributed by atoms with E-state index in [4.69, 9.17) is 0 Å². The van der Waals surface area contributed by atoms with Gasteiger partial charge in [0.15, 0.2) is 0 Å². The fraction of sp³-hybridized carbons (Fsp3) is 0.583. The third-order valence-corrected chi connectivity index (χ3v) is 8.08. The van der Waals surface area contributed by atoms with Gasteiger partial charge in [-0.3, -0.25) is 14.6 Å². The highest BCUT2D eigenvalue weighted by Gasteiger charge is 2.43. The maximum atomic E-state index is 13.2. The van der Waals surface area contributed by atoms with Gasteiger partial charge in [-0.15, -0.1) is 11.3 Å². The normalized spacial score (nSPS) is 25.0. The van der Waals surface area contributed by atoms with Crippen molar-refractivity contribution in [1.82, 2.24) is 19.7 Å². The Kier molecular flexibility index (Phi) is 6.08. The van der Waals surface area contributed by atoms with Gasteiger partial charge >= 0.3 is 0 Å². The first-order chi connectivity index (χ1) is 15.1. The molecule has 3 fully saturated rings. The smallest absolute Gasteiger partial charge is 0.265 e. The maximum absolute atomic E-state index is 13.2. The minimum absolute atomic E-state index is 0.151. The zero-order valence-corrected chi connectivity index (χ0v) is 18.9. The first-order valence-electron chi connectivity index (χ1n) is 11.5. The number of benzene rings is 1. The van der Waals surface area contributed by atoms with Crippen LogP contribution >= 0.6 is 11.3 Å². The average molecular weight is 443 g/mol. The van der Waals surface area contributed by atoms with Crippen LogP contribution in [0.15, 0.2) is 30.5 Å². The Morgan fingerprint density at radius 2 is 1.74 bits per heavy atom. The molecule has 1 aromatic carbocycles. The highest BCUT2D eigenvalue weighted by atomic mass is 32.1. The fourth-order valence-corrected chi connectivity index (χ4v) is 6.43. The lowest BCUT2D eigenvalue weighted by molar-refractivity contribution is 0.0679. The van der Waals surface area contributed by atoms with E-state index in [1.807, 2.05) is 12.1 Å². The third-order valence-electron chi connectivity index (χ3n) is 7.11. The molecular weight excluding hydrogens is 411 g/mol. The van der Waals surface area contributed by atoms with Crippen LogP contribution in [0, 0.1) is 11.2 Å². The number of carbonyl (C=O) groups is 1. The molecule has 1 amide bonds. The molecule has 3 aliphatic rings. The van der Waals surface area contributed by atoms with Crippen LogP contribution in [0.5, 0.6) is 0 Å². The van der Waals surface area contributed by atoms with Crippen LogP contribution in [0.25, 0.3) is 0 Å². The first-order valence-corrected chi connectivity index (χ1v) is 12.3. The fourth-order valence-electron chi connectivity index (χ4n) is 5.50. The van der Waals surface area contributed by atoms with Crippen molar-refractivity contribution in [3.8, 4) is 0 Å². The van der Waals surface area contributed by atoms with Crippen molar-refractivity contribution in [2.45, 2.75) is 45.2 Å². The molecule has 31 heavy (non-hydrogen) atoms. The van der Waals surface area contributed by atoms with Gasteiger partial charge in [0.2, 0.25) is 0 Å². The minimum Gasteiger partial charge on any atom is -0.337 e. The van der Waals surface area contributed by atoms with Gasteiger partial charge in [0.25, 0.3) is 5.91 Å². The van der Waals surface area contributed by atoms with Crippen LogP contribution in [-0.4, -0.2) is 64.9 Å². The number of aromatic nitrogens is 1. The zero-order valence-electron chi connectivity index (χ0n) is 18.1. The van der Waals surface area contributed by atoms with Crippen molar-refractivity contribution in [3.63, 3.8) is 0 Å². The Morgan fingerprint density at radius 1 is 0.968 bits per heavy atom. The van der Waals surface area contributed by atoms with Crippen LogP contribution in [0.2, 0.25) is 0 Å². The van der Waals surface area contributed by atoms with E-state index in [0.717, 1.165) is 80.6 Å². The molecule has 0 saturated carbocycles. The Morgan fingerprint density at radius 3 is 2.55 bits per heavy atom. The first kappa shape index (κ1) is 21.0. The second-order valence-corrected chi connectivity index (χ2v) is 10.6. The molecule has 7 heteroatoms. The summed E-state index contributed by atoms with van der Waals surface area (Å²) in [5.74, 6) is -0.0341. The lowest BCUT2D eigenvalue weighted by Gasteiger charge is -2.40. The number of carbonyl (C=O) groups excluding carboxylic acids is 1. The van der Waals surface area contributed by atoms with E-state index >= 15 is 0 Å². The molecule has 3 aliphatic heterocycles. The third kappa shape index (κ3) is 4.83. The highest BCUT2D eigenvalue weighted by molar-refractivity contribution is 7.13. The number of halogens is 1. The quantitative estimate of drug-likeness (QED) is 0.702. The van der Waals surface area contributed by atoms with Gasteiger partial charge in [0.1, 0.15) is 15.7 Å². The molecule has 0 bridgehead atoms. The summed E-state index contributed by atoms with van der Waals surface area (Å²) in [5, 5.41) is 1.06. The summed E-state index contributed by atoms with van der Waals surface area (Å²) in [5.41, 5.74) is 1.34. The van der Waals surface area contributed by atoms with Crippen LogP contribution < -0.4 is 0 Å². The summed E-state index contributed by atoms with van der Waals surface area (Å²) in [6.07, 6.45) is 7.73. The minimum atomic E-state index is -0.185. The molecule has 1 spiro atoms. The van der Waals surface area contributed by atoms with E-state index in [9.17, 15) is 9.18 Å². The number of likely N-dealkylation sites (tertiary alicyclic amines) is 3. The molecule has 4 heterocycles. The summed E-state index contributed by atoms with van der Waals surface area (Å²) in [6, 6.07) is 6.84. The van der Waals surface area contributed by atoms with Gasteiger partial charge in [0.05, 0.1) is 12.7 Å². The van der Waals surface area contributed by atoms with Crippen molar-refractivity contribution in [2.75, 3.05) is 39.3 Å². The maximum Gasteiger partial charge on any atom is 0.265 e. The standard InChI is InChI=1S/C24H31FN4OS/c25-20-6-4-19(5-7-20)15-28-12-3-8-24(17-28)9-13-29(18-24)23(30)21-14-26-22(31-21)16-27-10-1-2-11-27/h4-7,14H,1-3,8-13,15-18H2. The SMILES string of the molecule is O=C(c1cnc(CN2CCCC2)s1)N1CCC2(CCCN(Cc3ccc(F)cc3)C2)C1. The van der Waals surface area contributed by atoms with Crippen molar-refractivity contribution < 1.29 is 9.18 Å². The zero-order chi connectivity index (χ0) is 21.3. The lowest BCUT2D eigenvalue weighted by Crippen LogP contribution is -2.44. The van der Waals surface area contributed by atoms with E-state index in [-0.39, 0.29) is 17.1 Å². The predicted molar refractivity (Wildman–Crippen MR) is 120 cm³/mol. The van der Waals surface area contributed by atoms with Gasteiger partial charge < -0.3 is 4.90 Å². The Balaban J connectivity index is 1.19. The van der Waals surface area contributed by atoms with E-state index in [2.05, 4.69) is 19.7 Å². The summed E-state index contributed by atoms with van der Waals surface area (Å²) in [4.78, 5) is 25.4. The van der Waals surface area contributed by atoms with E-state index < -0.39 is 0 Å². The number of amides is 1. The molecule has 2 aromatic rings. The number of hydrogen-bond acceptors (Lipinski definition) is 5. The molecule has 0 N–H and O–H groups in total. The van der Waals surface area contributed by atoms with Crippen LogP contribution in [0.1, 0.15) is 52.3 Å². The van der Waals surface area contributed by atoms with Crippen LogP contribution in [-0.2, 0) is 13.1 Å². The number of hydrogen-bond donors (Lipinski definition) is 0. The molecule has 0 radical (unpaired) electrons. The van der Waals surface area contributed by atoms with E-state index in [1.165, 1.54) is 31.4 Å². The van der Waals surface area contributed by atoms with Gasteiger partial charge in [-0.05, 0) is 69.4 Å². The topological polar surface area (TPSA) is 39.7 Å². The van der Waals surface area contributed by atoms with Crippen molar-refractivity contribution >= 4 is 17.2 Å². The van der Waals surface area contributed by atoms with Crippen LogP contribution in [0.3, 0.4) is 0 Å². The van der Waals surface area contributed by atoms with Crippen LogP contribution in [0.4, 0.5) is 4.39 Å². The molecule has 1 aromatic heterocycles. The van der Waals surface area contributed by atoms with Gasteiger partial charge in [-0.25, -0.2) is 9.37 Å². The molecule has 166 valence electrons. The second-order valence-electron chi connectivity index (χ2n) is 9.52. The largest absolute Gasteiger partial charge is 0.337 e. The Bertz CT molecular complexity index is 911. The Labute approximate surface area is 187 Å². The van der Waals surface area contributed by atoms with E-state index in [1.54, 1.807) is 17.5 Å². The number of piperidine rings is 1. The van der Waals surface area contributed by atoms with Crippen molar-refractivity contribution in [1.29, 1.82) is 0 Å². The predicted octanol–water partition coefficient (Wildman–Crippen LogP) is 4.01. The molecular formula is C24H31FN4OS. The molecule has 1 atom stereocenters. The molecule has 1 unspecified atom stereocenters. The summed E-state index contributed by atoms with van der Waals surface area (Å²) >= 11 is 1.57. The summed E-state index contributed by atoms with van der Waals surface area (Å²) < 4.78 is 13.2. The summed E-state index contributed by atoms with van der Waals surface area (Å²) in [6.45, 7) is 7.77. The average Bonchev–Trinajstić information content (AvgIpc) is 3.52. The lowest BCUT2D eigenvalue weighted by atomic mass is 9.79. The summed E-state index contributed by atoms with van der Waals surface area (Å²) in [7, 11) is 0. The monoisotopic (exact) mass is 442 g/mol. The molecule has 5 rings (SSSR count). The second kappa shape index (κ2) is 8.96. The highest BCUT2D eigenvalue weighted by Crippen LogP contribution is 2.40. The van der Waals surface area contributed by atoms with E-state index in [0.29, 0.717) is 0 Å². The van der Waals surface area contributed by atoms with Gasteiger partial charge in [0, 0.05) is 31.6 Å². The number of nitrogens with zero attached hydrogens (tertiary/aromatic N) is 4. The van der Waals surface area contributed by atoms with Crippen molar-refractivity contribution in [3.05, 3.63) is 51.7 Å².